The van der Waals surface area contributed by atoms with Crippen molar-refractivity contribution < 1.29 is 33.3 Å². The third kappa shape index (κ3) is 8.43. The van der Waals surface area contributed by atoms with Gasteiger partial charge in [-0.15, -0.1) is 0 Å². The van der Waals surface area contributed by atoms with Gasteiger partial charge in [0.1, 0.15) is 29.6 Å². The predicted molar refractivity (Wildman–Crippen MR) is 208 cm³/mol. The molecule has 1 aliphatic heterocycles. The number of nitrogens with zero attached hydrogens (tertiary/aromatic N) is 2. The van der Waals surface area contributed by atoms with Crippen molar-refractivity contribution >= 4 is 11.6 Å². The molecule has 0 aromatic heterocycles. The summed E-state index contributed by atoms with van der Waals surface area (Å²) in [5, 5.41) is 0. The van der Waals surface area contributed by atoms with Gasteiger partial charge in [-0.05, 0) is 57.1 Å². The summed E-state index contributed by atoms with van der Waals surface area (Å²) in [6, 6.07) is 22.8. The van der Waals surface area contributed by atoms with Crippen molar-refractivity contribution in [3.63, 3.8) is 0 Å². The van der Waals surface area contributed by atoms with Gasteiger partial charge in [-0.3, -0.25) is 14.5 Å². The van der Waals surface area contributed by atoms with Crippen LogP contribution in [-0.2, 0) is 4.74 Å². The summed E-state index contributed by atoms with van der Waals surface area (Å²) < 4.78 is 29.3. The predicted octanol–water partition coefficient (Wildman–Crippen LogP) is 7.81. The maximum Gasteiger partial charge on any atom is 0.194 e. The van der Waals surface area contributed by atoms with Gasteiger partial charge in [0.25, 0.3) is 0 Å². The molecule has 1 fully saturated rings. The van der Waals surface area contributed by atoms with Crippen LogP contribution in [0.3, 0.4) is 0 Å². The third-order valence-electron chi connectivity index (χ3n) is 9.88. The normalized spacial score (nSPS) is 14.2. The lowest BCUT2D eigenvalue weighted by atomic mass is 10.0. The van der Waals surface area contributed by atoms with Gasteiger partial charge >= 0.3 is 0 Å². The number of carbonyl (C=O) groups is 2. The SMILES string of the molecule is CCCOc1cccc2c1-c1c(OCCN(CC)CC)cccc1C2=O.CCOc1cccc2c1-c1c(OCCCN3CCOCC3)cccc1C2=O. The molecule has 0 amide bonds. The number of fused-ring (bicyclic) bond motifs is 6. The fraction of sp³-hybridized carbons (Fsp3) is 0.409. The molecule has 3 aliphatic rings. The highest BCUT2D eigenvalue weighted by Crippen LogP contribution is 2.48. The van der Waals surface area contributed by atoms with E-state index in [9.17, 15) is 9.59 Å². The molecule has 0 saturated carbocycles. The van der Waals surface area contributed by atoms with E-state index in [4.69, 9.17) is 23.7 Å². The topological polar surface area (TPSA) is 86.8 Å². The molecule has 9 nitrogen and oxygen atoms in total. The highest BCUT2D eigenvalue weighted by Gasteiger charge is 2.33. The molecule has 0 N–H and O–H groups in total. The summed E-state index contributed by atoms with van der Waals surface area (Å²) in [4.78, 5) is 30.3. The molecule has 0 spiro atoms. The lowest BCUT2D eigenvalue weighted by Gasteiger charge is -2.26. The number of carbonyl (C=O) groups excluding carboxylic acids is 2. The second-order valence-corrected chi connectivity index (χ2v) is 13.2. The van der Waals surface area contributed by atoms with Crippen LogP contribution in [0.2, 0.25) is 0 Å². The Morgan fingerprint density at radius 3 is 1.45 bits per heavy atom. The van der Waals surface area contributed by atoms with E-state index in [-0.39, 0.29) is 11.6 Å². The van der Waals surface area contributed by atoms with Crippen LogP contribution < -0.4 is 18.9 Å². The van der Waals surface area contributed by atoms with Crippen LogP contribution in [0.4, 0.5) is 0 Å². The summed E-state index contributed by atoms with van der Waals surface area (Å²) >= 11 is 0. The van der Waals surface area contributed by atoms with Crippen molar-refractivity contribution in [3.8, 4) is 45.3 Å². The number of benzene rings is 4. The van der Waals surface area contributed by atoms with E-state index in [0.29, 0.717) is 48.7 Å². The van der Waals surface area contributed by atoms with E-state index < -0.39 is 0 Å². The Bertz CT molecular complexity index is 1880. The molecule has 1 saturated heterocycles. The zero-order valence-corrected chi connectivity index (χ0v) is 31.6. The fourth-order valence-electron chi connectivity index (χ4n) is 7.17. The van der Waals surface area contributed by atoms with Gasteiger partial charge in [0.2, 0.25) is 0 Å². The van der Waals surface area contributed by atoms with E-state index in [0.717, 1.165) is 111 Å². The molecule has 9 heteroatoms. The maximum atomic E-state index is 12.8. The van der Waals surface area contributed by atoms with Crippen molar-refractivity contribution in [2.24, 2.45) is 0 Å². The molecular formula is C44H52N2O7. The standard InChI is InChI=1S/C22H25NO4.C22H27NO3/c1-2-26-18-8-3-6-16-20(18)21-17(22(16)24)7-4-9-19(21)27-13-5-10-23-11-14-25-15-12-23;1-4-14-25-18-11-7-9-16-20(18)21-17(22(16)24)10-8-12-19(21)26-15-13-23(5-2)6-3/h3-4,6-9H,2,5,10-15H2,1H3;7-12H,4-6,13-15H2,1-3H3. The summed E-state index contributed by atoms with van der Waals surface area (Å²) in [7, 11) is 0. The second kappa shape index (κ2) is 18.4. The van der Waals surface area contributed by atoms with Gasteiger partial charge in [-0.2, -0.15) is 0 Å². The second-order valence-electron chi connectivity index (χ2n) is 13.2. The van der Waals surface area contributed by atoms with Crippen molar-refractivity contribution in [2.75, 3.05) is 78.9 Å². The van der Waals surface area contributed by atoms with E-state index in [1.807, 2.05) is 79.7 Å². The monoisotopic (exact) mass is 720 g/mol. The Morgan fingerprint density at radius 2 is 1.02 bits per heavy atom. The summed E-state index contributed by atoms with van der Waals surface area (Å²) in [6.07, 6.45) is 1.87. The Morgan fingerprint density at radius 1 is 0.585 bits per heavy atom. The number of ketones is 2. The van der Waals surface area contributed by atoms with Gasteiger partial charge in [-0.1, -0.05) is 69.3 Å². The Kier molecular flexibility index (Phi) is 13.2. The van der Waals surface area contributed by atoms with Crippen molar-refractivity contribution in [1.29, 1.82) is 0 Å². The zero-order valence-electron chi connectivity index (χ0n) is 31.6. The lowest BCUT2D eigenvalue weighted by Crippen LogP contribution is -2.37. The van der Waals surface area contributed by atoms with Gasteiger partial charge in [0, 0.05) is 70.7 Å². The number of likely N-dealkylation sites (N-methyl/N-ethyl adjacent to an activating group) is 1. The highest BCUT2D eigenvalue weighted by atomic mass is 16.5. The third-order valence-corrected chi connectivity index (χ3v) is 9.88. The first kappa shape index (κ1) is 38.0. The molecule has 1 heterocycles. The number of rotatable bonds is 16. The largest absolute Gasteiger partial charge is 0.493 e. The number of morpholine rings is 1. The first-order chi connectivity index (χ1) is 26.0. The quantitative estimate of drug-likeness (QED) is 0.0930. The minimum absolute atomic E-state index is 0.0420. The molecule has 4 aromatic carbocycles. The minimum atomic E-state index is 0.0420. The van der Waals surface area contributed by atoms with Gasteiger partial charge in [0.05, 0.1) is 33.0 Å². The van der Waals surface area contributed by atoms with Crippen molar-refractivity contribution in [3.05, 3.63) is 95.1 Å². The molecule has 0 atom stereocenters. The van der Waals surface area contributed by atoms with Gasteiger partial charge in [-0.25, -0.2) is 0 Å². The lowest BCUT2D eigenvalue weighted by molar-refractivity contribution is 0.0358. The summed E-state index contributed by atoms with van der Waals surface area (Å²) in [6.45, 7) is 18.2. The van der Waals surface area contributed by atoms with Crippen molar-refractivity contribution in [2.45, 2.75) is 40.5 Å². The summed E-state index contributed by atoms with van der Waals surface area (Å²) in [5.41, 5.74) is 6.28. The smallest absolute Gasteiger partial charge is 0.194 e. The average molecular weight is 721 g/mol. The van der Waals surface area contributed by atoms with Crippen LogP contribution >= 0.6 is 0 Å². The highest BCUT2D eigenvalue weighted by molar-refractivity contribution is 6.24. The van der Waals surface area contributed by atoms with Crippen LogP contribution in [0, 0.1) is 0 Å². The van der Waals surface area contributed by atoms with Gasteiger partial charge < -0.3 is 28.6 Å². The molecule has 4 aromatic rings. The molecule has 53 heavy (non-hydrogen) atoms. The Hall–Kier alpha value is -4.70. The zero-order chi connectivity index (χ0) is 37.2. The van der Waals surface area contributed by atoms with E-state index in [1.165, 1.54) is 0 Å². The Labute approximate surface area is 313 Å². The van der Waals surface area contributed by atoms with Crippen molar-refractivity contribution in [1.82, 2.24) is 9.80 Å². The molecule has 2 aliphatic carbocycles. The molecular weight excluding hydrogens is 668 g/mol. The van der Waals surface area contributed by atoms with Crippen LogP contribution in [0.1, 0.15) is 72.4 Å². The number of hydrogen-bond acceptors (Lipinski definition) is 9. The van der Waals surface area contributed by atoms with Crippen LogP contribution in [0.15, 0.2) is 72.8 Å². The molecule has 0 bridgehead atoms. The average Bonchev–Trinajstić information content (AvgIpc) is 3.67. The van der Waals surface area contributed by atoms with Crippen LogP contribution in [0.5, 0.6) is 23.0 Å². The van der Waals surface area contributed by atoms with E-state index >= 15 is 0 Å². The maximum absolute atomic E-state index is 12.8. The van der Waals surface area contributed by atoms with Crippen LogP contribution in [-0.4, -0.2) is 100 Å². The molecule has 7 rings (SSSR count). The molecule has 0 unspecified atom stereocenters. The number of hydrogen-bond donors (Lipinski definition) is 0. The summed E-state index contributed by atoms with van der Waals surface area (Å²) in [5.74, 6) is 3.11. The molecule has 280 valence electrons. The first-order valence-corrected chi connectivity index (χ1v) is 19.2. The fourth-order valence-corrected chi connectivity index (χ4v) is 7.17. The Balaban J connectivity index is 0.000000182. The van der Waals surface area contributed by atoms with E-state index in [2.05, 4.69) is 30.6 Å². The van der Waals surface area contributed by atoms with E-state index in [1.54, 1.807) is 0 Å². The van der Waals surface area contributed by atoms with Gasteiger partial charge in [0.15, 0.2) is 11.6 Å². The first-order valence-electron chi connectivity index (χ1n) is 19.2. The minimum Gasteiger partial charge on any atom is -0.493 e. The van der Waals surface area contributed by atoms with Crippen LogP contribution in [0.25, 0.3) is 22.3 Å². The number of ether oxygens (including phenoxy) is 5. The molecule has 0 radical (unpaired) electrons.